The molecule has 1 saturated carbocycles. The molecular weight excluding hydrogens is 782 g/mol. The number of carbonyl (C=O) groups is 3. The van der Waals surface area contributed by atoms with E-state index in [0.717, 1.165) is 75.7 Å². The molecular formula is C43H49F3N8O6. The number of likely N-dealkylation sites (tertiary alicyclic amines) is 1. The van der Waals surface area contributed by atoms with Crippen molar-refractivity contribution in [3.05, 3.63) is 82.2 Å². The number of imide groups is 1. The van der Waals surface area contributed by atoms with Crippen LogP contribution >= 0.6 is 0 Å². The predicted molar refractivity (Wildman–Crippen MR) is 216 cm³/mol. The minimum atomic E-state index is -4.70. The number of alkyl halides is 3. The van der Waals surface area contributed by atoms with Crippen LogP contribution in [0.1, 0.15) is 99.0 Å². The first kappa shape index (κ1) is 41.2. The zero-order chi connectivity index (χ0) is 42.5. The number of piperidine rings is 2. The summed E-state index contributed by atoms with van der Waals surface area (Å²) in [4.78, 5) is 56.8. The number of nitrogens with one attached hydrogen (secondary N) is 2. The van der Waals surface area contributed by atoms with Crippen LogP contribution in [0.15, 0.2) is 59.5 Å². The second-order valence-electron chi connectivity index (χ2n) is 17.0. The molecule has 1 unspecified atom stereocenters. The van der Waals surface area contributed by atoms with Crippen molar-refractivity contribution in [2.75, 3.05) is 31.6 Å². The van der Waals surface area contributed by atoms with Crippen LogP contribution in [0.25, 0.3) is 21.9 Å². The topological polar surface area (TPSA) is 166 Å². The molecule has 3 fully saturated rings. The van der Waals surface area contributed by atoms with Crippen LogP contribution in [-0.2, 0) is 28.4 Å². The van der Waals surface area contributed by atoms with Crippen LogP contribution in [0, 0.1) is 11.8 Å². The lowest BCUT2D eigenvalue weighted by molar-refractivity contribution is -0.141. The van der Waals surface area contributed by atoms with Gasteiger partial charge in [-0.05, 0) is 120 Å². The van der Waals surface area contributed by atoms with Gasteiger partial charge in [-0.15, -0.1) is 0 Å². The van der Waals surface area contributed by atoms with Crippen molar-refractivity contribution in [3.8, 4) is 5.75 Å². The van der Waals surface area contributed by atoms with Crippen molar-refractivity contribution in [1.82, 2.24) is 34.1 Å². The highest BCUT2D eigenvalue weighted by atomic mass is 19.4. The molecule has 1 aliphatic carbocycles. The fourth-order valence-electron chi connectivity index (χ4n) is 9.04. The fourth-order valence-corrected chi connectivity index (χ4v) is 9.04. The number of pyridine rings is 1. The molecule has 60 heavy (non-hydrogen) atoms. The first-order valence-electron chi connectivity index (χ1n) is 20.5. The molecule has 14 nitrogen and oxygen atoms in total. The van der Waals surface area contributed by atoms with Crippen molar-refractivity contribution in [2.24, 2.45) is 18.9 Å². The maximum absolute atomic E-state index is 13.3. The number of hydrogen-bond acceptors (Lipinski definition) is 9. The van der Waals surface area contributed by atoms with E-state index in [1.54, 1.807) is 39.1 Å². The van der Waals surface area contributed by atoms with Crippen molar-refractivity contribution < 1.29 is 37.4 Å². The SMILES string of the molecule is Cn1c(=O)n(C2CCC(=O)NC2=O)c2cccc(OCC3CCN(C[C@H]4CC[C@H](n5cc6cc(NC(=O)c7cccc(C(F)(F)F)n7)c(C(C)(C)O)cc6n5)CC4)CC3)c21. The Kier molecular flexibility index (Phi) is 11.1. The Morgan fingerprint density at radius 1 is 0.967 bits per heavy atom. The maximum Gasteiger partial charge on any atom is 0.433 e. The molecule has 2 aliphatic heterocycles. The minimum Gasteiger partial charge on any atom is -0.491 e. The van der Waals surface area contributed by atoms with Gasteiger partial charge in [0.15, 0.2) is 0 Å². The van der Waals surface area contributed by atoms with E-state index in [1.807, 2.05) is 23.0 Å². The van der Waals surface area contributed by atoms with Crippen molar-refractivity contribution in [1.29, 1.82) is 0 Å². The van der Waals surface area contributed by atoms with E-state index in [9.17, 15) is 37.5 Å². The predicted octanol–water partition coefficient (Wildman–Crippen LogP) is 6.08. The molecule has 3 amide bonds. The highest BCUT2D eigenvalue weighted by Gasteiger charge is 2.34. The molecule has 318 valence electrons. The highest BCUT2D eigenvalue weighted by molar-refractivity contribution is 6.04. The fraction of sp³-hybridized carbons (Fsp3) is 0.488. The quantitative estimate of drug-likeness (QED) is 0.142. The molecule has 2 saturated heterocycles. The molecule has 3 N–H and O–H groups in total. The van der Waals surface area contributed by atoms with E-state index < -0.39 is 35.3 Å². The number of ether oxygens (including phenoxy) is 1. The van der Waals surface area contributed by atoms with Gasteiger partial charge in [0, 0.05) is 42.8 Å². The number of para-hydroxylation sites is 1. The lowest BCUT2D eigenvalue weighted by Gasteiger charge is -2.36. The van der Waals surface area contributed by atoms with E-state index >= 15 is 0 Å². The second-order valence-corrected chi connectivity index (χ2v) is 17.0. The Balaban J connectivity index is 0.847. The maximum atomic E-state index is 13.3. The number of halogens is 3. The number of nitrogens with zero attached hydrogens (tertiary/aromatic N) is 6. The molecule has 0 bridgehead atoms. The normalized spacial score (nSPS) is 21.1. The van der Waals surface area contributed by atoms with Crippen LogP contribution in [0.2, 0.25) is 0 Å². The Bertz CT molecular complexity index is 2500. The van der Waals surface area contributed by atoms with E-state index in [4.69, 9.17) is 9.84 Å². The Morgan fingerprint density at radius 3 is 2.40 bits per heavy atom. The summed E-state index contributed by atoms with van der Waals surface area (Å²) in [7, 11) is 1.67. The van der Waals surface area contributed by atoms with Gasteiger partial charge in [0.25, 0.3) is 5.91 Å². The summed E-state index contributed by atoms with van der Waals surface area (Å²) < 4.78 is 51.1. The number of benzene rings is 2. The molecule has 5 heterocycles. The molecule has 0 spiro atoms. The van der Waals surface area contributed by atoms with E-state index in [0.29, 0.717) is 46.3 Å². The summed E-state index contributed by atoms with van der Waals surface area (Å²) in [6.45, 7) is 6.63. The van der Waals surface area contributed by atoms with Crippen molar-refractivity contribution in [3.63, 3.8) is 0 Å². The average molecular weight is 831 g/mol. The minimum absolute atomic E-state index is 0.177. The average Bonchev–Trinajstić information content (AvgIpc) is 3.74. The lowest BCUT2D eigenvalue weighted by atomic mass is 9.85. The number of imidazole rings is 1. The number of aliphatic hydroxyl groups is 1. The van der Waals surface area contributed by atoms with Gasteiger partial charge in [0.1, 0.15) is 28.7 Å². The third-order valence-corrected chi connectivity index (χ3v) is 12.3. The standard InChI is InChI=1S/C43H49F3N8O6/c1-42(2,59)29-21-31-27(20-32(29)48-39(56)30-6-4-9-36(47-30)43(44,45)46)23-53(50-31)28-12-10-25(11-13-28)22-52-18-16-26(17-19-52)24-60-35-8-5-7-33-38(35)51(3)41(58)54(33)34-14-15-37(55)49-40(34)57/h4-9,20-21,23,25-26,28,34,59H,10-19,22,24H2,1-3H3,(H,48,56)(H,49,55,57)/t25-,28-,34?. The number of carbonyl (C=O) groups excluding carboxylic acids is 3. The van der Waals surface area contributed by atoms with Crippen LogP contribution in [0.5, 0.6) is 5.75 Å². The number of aryl methyl sites for hydroxylation is 1. The zero-order valence-corrected chi connectivity index (χ0v) is 33.8. The van der Waals surface area contributed by atoms with Gasteiger partial charge in [0.2, 0.25) is 11.8 Å². The summed E-state index contributed by atoms with van der Waals surface area (Å²) >= 11 is 0. The Labute approximate surface area is 343 Å². The number of fused-ring (bicyclic) bond motifs is 2. The first-order valence-corrected chi connectivity index (χ1v) is 20.5. The van der Waals surface area contributed by atoms with Gasteiger partial charge in [-0.1, -0.05) is 12.1 Å². The molecule has 3 aromatic heterocycles. The first-order chi connectivity index (χ1) is 28.5. The largest absolute Gasteiger partial charge is 0.491 e. The summed E-state index contributed by atoms with van der Waals surface area (Å²) in [5.41, 5.74) is -0.742. The Morgan fingerprint density at radius 2 is 1.70 bits per heavy atom. The Hall–Kier alpha value is -5.55. The third-order valence-electron chi connectivity index (χ3n) is 12.3. The summed E-state index contributed by atoms with van der Waals surface area (Å²) in [5, 5.41) is 21.6. The monoisotopic (exact) mass is 830 g/mol. The number of rotatable bonds is 10. The van der Waals surface area contributed by atoms with E-state index in [-0.39, 0.29) is 41.9 Å². The molecule has 5 aromatic rings. The summed E-state index contributed by atoms with van der Waals surface area (Å²) in [6.07, 6.45) is 3.65. The molecule has 2 aromatic carbocycles. The molecule has 17 heteroatoms. The van der Waals surface area contributed by atoms with Crippen LogP contribution < -0.4 is 21.1 Å². The molecule has 8 rings (SSSR count). The molecule has 3 aliphatic rings. The van der Waals surface area contributed by atoms with Crippen LogP contribution in [0.4, 0.5) is 18.9 Å². The third kappa shape index (κ3) is 8.41. The van der Waals surface area contributed by atoms with Crippen LogP contribution in [-0.4, -0.2) is 77.9 Å². The molecule has 0 radical (unpaired) electrons. The number of aromatic nitrogens is 5. The van der Waals surface area contributed by atoms with Gasteiger partial charge in [-0.3, -0.25) is 33.5 Å². The lowest BCUT2D eigenvalue weighted by Crippen LogP contribution is -2.44. The van der Waals surface area contributed by atoms with Gasteiger partial charge in [-0.25, -0.2) is 9.78 Å². The van der Waals surface area contributed by atoms with E-state index in [1.165, 1.54) is 15.2 Å². The van der Waals surface area contributed by atoms with E-state index in [2.05, 4.69) is 20.5 Å². The van der Waals surface area contributed by atoms with Crippen LogP contribution in [0.3, 0.4) is 0 Å². The molecule has 1 atom stereocenters. The second kappa shape index (κ2) is 16.1. The highest BCUT2D eigenvalue weighted by Crippen LogP contribution is 2.37. The van der Waals surface area contributed by atoms with Crippen molar-refractivity contribution in [2.45, 2.75) is 89.1 Å². The zero-order valence-electron chi connectivity index (χ0n) is 33.8. The summed E-state index contributed by atoms with van der Waals surface area (Å²) in [6, 6.07) is 11.5. The number of hydrogen-bond donors (Lipinski definition) is 3. The van der Waals surface area contributed by atoms with Gasteiger partial charge in [-0.2, -0.15) is 18.3 Å². The number of anilines is 1. The number of amides is 3. The van der Waals surface area contributed by atoms with Gasteiger partial charge in [0.05, 0.1) is 29.3 Å². The smallest absolute Gasteiger partial charge is 0.433 e. The van der Waals surface area contributed by atoms with Gasteiger partial charge >= 0.3 is 11.9 Å². The van der Waals surface area contributed by atoms with Gasteiger partial charge < -0.3 is 20.1 Å². The summed E-state index contributed by atoms with van der Waals surface area (Å²) in [5.74, 6) is -0.112. The van der Waals surface area contributed by atoms with Crippen molar-refractivity contribution >= 4 is 45.3 Å².